The monoisotopic (exact) mass is 223 g/mol. The van der Waals surface area contributed by atoms with Crippen molar-refractivity contribution in [1.82, 2.24) is 15.5 Å². The van der Waals surface area contributed by atoms with E-state index in [4.69, 9.17) is 4.42 Å². The van der Waals surface area contributed by atoms with Crippen molar-refractivity contribution >= 4 is 11.3 Å². The van der Waals surface area contributed by atoms with Gasteiger partial charge in [0, 0.05) is 0 Å². The van der Waals surface area contributed by atoms with Gasteiger partial charge < -0.3 is 9.73 Å². The van der Waals surface area contributed by atoms with Gasteiger partial charge in [-0.1, -0.05) is 6.92 Å². The summed E-state index contributed by atoms with van der Waals surface area (Å²) in [4.78, 5) is 1.06. The second-order valence-corrected chi connectivity index (χ2v) is 4.13. The molecule has 5 heteroatoms. The highest BCUT2D eigenvalue weighted by molar-refractivity contribution is 7.13. The van der Waals surface area contributed by atoms with Gasteiger partial charge in [-0.3, -0.25) is 0 Å². The summed E-state index contributed by atoms with van der Waals surface area (Å²) in [5, 5.41) is 13.2. The Labute approximate surface area is 92.3 Å². The minimum atomic E-state index is 0.621. The molecule has 0 aliphatic carbocycles. The van der Waals surface area contributed by atoms with Crippen LogP contribution in [0, 0.1) is 6.92 Å². The average Bonchev–Trinajstić information content (AvgIpc) is 2.83. The van der Waals surface area contributed by atoms with Crippen molar-refractivity contribution in [3.8, 4) is 10.8 Å². The van der Waals surface area contributed by atoms with E-state index in [0.29, 0.717) is 18.3 Å². The van der Waals surface area contributed by atoms with Crippen molar-refractivity contribution in [1.29, 1.82) is 0 Å². The first-order valence-electron chi connectivity index (χ1n) is 4.89. The predicted octanol–water partition coefficient (Wildman–Crippen LogP) is 2.22. The quantitative estimate of drug-likeness (QED) is 0.863. The van der Waals surface area contributed by atoms with Crippen LogP contribution in [0.1, 0.15) is 18.4 Å². The molecule has 1 N–H and O–H groups in total. The Balaban J connectivity index is 2.17. The lowest BCUT2D eigenvalue weighted by molar-refractivity contribution is 0.482. The first-order chi connectivity index (χ1) is 7.31. The van der Waals surface area contributed by atoms with Gasteiger partial charge in [0.1, 0.15) is 0 Å². The molecule has 2 heterocycles. The summed E-state index contributed by atoms with van der Waals surface area (Å²) in [6.07, 6.45) is 0. The SMILES string of the molecule is CCNCc1nnc(-c2sccc2C)o1. The molecule has 80 valence electrons. The van der Waals surface area contributed by atoms with Gasteiger partial charge in [-0.2, -0.15) is 0 Å². The topological polar surface area (TPSA) is 51.0 Å². The number of hydrogen-bond donors (Lipinski definition) is 1. The van der Waals surface area contributed by atoms with E-state index >= 15 is 0 Å². The van der Waals surface area contributed by atoms with Crippen molar-refractivity contribution in [3.05, 3.63) is 22.9 Å². The fourth-order valence-corrected chi connectivity index (χ4v) is 2.09. The standard InChI is InChI=1S/C10H13N3OS/c1-3-11-6-8-12-13-10(14-8)9-7(2)4-5-15-9/h4-5,11H,3,6H2,1-2H3. The van der Waals surface area contributed by atoms with Crippen LogP contribution >= 0.6 is 11.3 Å². The molecule has 0 amide bonds. The van der Waals surface area contributed by atoms with E-state index in [1.54, 1.807) is 11.3 Å². The molecule has 2 aromatic heterocycles. The molecule has 0 aliphatic heterocycles. The van der Waals surface area contributed by atoms with E-state index in [9.17, 15) is 0 Å². The van der Waals surface area contributed by atoms with Gasteiger partial charge in [-0.25, -0.2) is 0 Å². The molecule has 0 saturated carbocycles. The van der Waals surface area contributed by atoms with Gasteiger partial charge in [0.15, 0.2) is 0 Å². The van der Waals surface area contributed by atoms with E-state index in [2.05, 4.69) is 15.5 Å². The second kappa shape index (κ2) is 4.55. The first kappa shape index (κ1) is 10.3. The zero-order valence-electron chi connectivity index (χ0n) is 8.78. The molecule has 15 heavy (non-hydrogen) atoms. The van der Waals surface area contributed by atoms with Crippen LogP contribution < -0.4 is 5.32 Å². The average molecular weight is 223 g/mol. The molecule has 0 atom stereocenters. The Hall–Kier alpha value is -1.20. The van der Waals surface area contributed by atoms with Crippen LogP contribution in [0.25, 0.3) is 10.8 Å². The summed E-state index contributed by atoms with van der Waals surface area (Å²) in [5.74, 6) is 1.26. The largest absolute Gasteiger partial charge is 0.419 e. The third-order valence-electron chi connectivity index (χ3n) is 2.05. The molecular formula is C10H13N3OS. The first-order valence-corrected chi connectivity index (χ1v) is 5.76. The van der Waals surface area contributed by atoms with Gasteiger partial charge in [0.25, 0.3) is 5.89 Å². The molecule has 0 radical (unpaired) electrons. The summed E-state index contributed by atoms with van der Waals surface area (Å²) in [5.41, 5.74) is 1.18. The molecule has 2 rings (SSSR count). The molecule has 0 aromatic carbocycles. The van der Waals surface area contributed by atoms with Gasteiger partial charge in [0.05, 0.1) is 11.4 Å². The normalized spacial score (nSPS) is 10.8. The van der Waals surface area contributed by atoms with Gasteiger partial charge in [-0.15, -0.1) is 21.5 Å². The summed E-state index contributed by atoms with van der Waals surface area (Å²) in [7, 11) is 0. The van der Waals surface area contributed by atoms with Gasteiger partial charge >= 0.3 is 0 Å². The van der Waals surface area contributed by atoms with E-state index in [1.807, 2.05) is 25.3 Å². The molecule has 2 aromatic rings. The number of rotatable bonds is 4. The molecule has 0 saturated heterocycles. The van der Waals surface area contributed by atoms with E-state index < -0.39 is 0 Å². The zero-order chi connectivity index (χ0) is 10.7. The Morgan fingerprint density at radius 2 is 2.33 bits per heavy atom. The third-order valence-corrected chi connectivity index (χ3v) is 3.05. The lowest BCUT2D eigenvalue weighted by atomic mass is 10.3. The Morgan fingerprint density at radius 1 is 1.47 bits per heavy atom. The Kier molecular flexibility index (Phi) is 3.13. The number of nitrogens with one attached hydrogen (secondary N) is 1. The molecule has 0 aliphatic rings. The van der Waals surface area contributed by atoms with Crippen LogP contribution in [-0.4, -0.2) is 16.7 Å². The Morgan fingerprint density at radius 3 is 3.00 bits per heavy atom. The smallest absolute Gasteiger partial charge is 0.258 e. The van der Waals surface area contributed by atoms with Crippen LogP contribution in [0.3, 0.4) is 0 Å². The van der Waals surface area contributed by atoms with Crippen LogP contribution in [0.15, 0.2) is 15.9 Å². The maximum atomic E-state index is 5.54. The molecule has 4 nitrogen and oxygen atoms in total. The molecule has 0 unspecified atom stereocenters. The lowest BCUT2D eigenvalue weighted by Gasteiger charge is -1.94. The minimum Gasteiger partial charge on any atom is -0.419 e. The Bertz CT molecular complexity index is 435. The van der Waals surface area contributed by atoms with Crippen LogP contribution in [0.2, 0.25) is 0 Å². The summed E-state index contributed by atoms with van der Waals surface area (Å²) >= 11 is 1.62. The zero-order valence-corrected chi connectivity index (χ0v) is 9.60. The van der Waals surface area contributed by atoms with Gasteiger partial charge in [0.2, 0.25) is 5.89 Å². The second-order valence-electron chi connectivity index (χ2n) is 3.21. The van der Waals surface area contributed by atoms with Crippen molar-refractivity contribution < 1.29 is 4.42 Å². The van der Waals surface area contributed by atoms with Crippen LogP contribution in [0.4, 0.5) is 0 Å². The van der Waals surface area contributed by atoms with Crippen LogP contribution in [-0.2, 0) is 6.54 Å². The van der Waals surface area contributed by atoms with Crippen molar-refractivity contribution in [2.45, 2.75) is 20.4 Å². The van der Waals surface area contributed by atoms with Crippen molar-refractivity contribution in [2.24, 2.45) is 0 Å². The minimum absolute atomic E-state index is 0.621. The third kappa shape index (κ3) is 2.24. The van der Waals surface area contributed by atoms with Crippen molar-refractivity contribution in [3.63, 3.8) is 0 Å². The summed E-state index contributed by atoms with van der Waals surface area (Å²) < 4.78 is 5.54. The van der Waals surface area contributed by atoms with Crippen molar-refractivity contribution in [2.75, 3.05) is 6.54 Å². The number of thiophene rings is 1. The molecule has 0 bridgehead atoms. The predicted molar refractivity (Wildman–Crippen MR) is 59.7 cm³/mol. The highest BCUT2D eigenvalue weighted by atomic mass is 32.1. The molecular weight excluding hydrogens is 210 g/mol. The van der Waals surface area contributed by atoms with Gasteiger partial charge in [-0.05, 0) is 30.5 Å². The van der Waals surface area contributed by atoms with Crippen LogP contribution in [0.5, 0.6) is 0 Å². The van der Waals surface area contributed by atoms with E-state index in [0.717, 1.165) is 11.4 Å². The summed E-state index contributed by atoms with van der Waals surface area (Å²) in [6, 6.07) is 2.05. The number of aromatic nitrogens is 2. The van der Waals surface area contributed by atoms with E-state index in [-0.39, 0.29) is 0 Å². The molecule has 0 fully saturated rings. The highest BCUT2D eigenvalue weighted by Crippen LogP contribution is 2.27. The fourth-order valence-electron chi connectivity index (χ4n) is 1.24. The highest BCUT2D eigenvalue weighted by Gasteiger charge is 2.11. The van der Waals surface area contributed by atoms with E-state index in [1.165, 1.54) is 5.56 Å². The fraction of sp³-hybridized carbons (Fsp3) is 0.400. The number of nitrogens with zero attached hydrogens (tertiary/aromatic N) is 2. The number of hydrogen-bond acceptors (Lipinski definition) is 5. The lowest BCUT2D eigenvalue weighted by Crippen LogP contribution is -2.11. The maximum absolute atomic E-state index is 5.54. The molecule has 0 spiro atoms. The maximum Gasteiger partial charge on any atom is 0.258 e. The summed E-state index contributed by atoms with van der Waals surface area (Å²) in [6.45, 7) is 5.62. The number of aryl methyl sites for hydroxylation is 1.